The molecule has 0 radical (unpaired) electrons. The van der Waals surface area contributed by atoms with Gasteiger partial charge >= 0.3 is 20.9 Å². The van der Waals surface area contributed by atoms with E-state index in [4.69, 9.17) is 9.31 Å². The lowest BCUT2D eigenvalue weighted by Gasteiger charge is -2.43. The summed E-state index contributed by atoms with van der Waals surface area (Å²) in [5, 5.41) is 53.8. The van der Waals surface area contributed by atoms with Gasteiger partial charge in [-0.2, -0.15) is 0 Å². The van der Waals surface area contributed by atoms with Gasteiger partial charge in [0.2, 0.25) is 0 Å². The van der Waals surface area contributed by atoms with Crippen LogP contribution in [0.1, 0.15) is 82.9 Å². The SMILES string of the molecule is CCC/C=C\C(C)(OB(c1ccc(F)cc1CO)C(C)(CCCCC)OB(O)c1ccc(F)cc1CO)B(O)c1ccc(F)cc1CO. The van der Waals surface area contributed by atoms with Gasteiger partial charge in [0.05, 0.1) is 30.8 Å². The zero-order chi connectivity index (χ0) is 35.5. The number of hydrogen-bond acceptors (Lipinski definition) is 7. The van der Waals surface area contributed by atoms with E-state index in [9.17, 15) is 38.5 Å². The van der Waals surface area contributed by atoms with Crippen LogP contribution >= 0.6 is 0 Å². The van der Waals surface area contributed by atoms with E-state index in [2.05, 4.69) is 0 Å². The monoisotopic (exact) mass is 668 g/mol. The molecule has 0 aliphatic heterocycles. The average Bonchev–Trinajstić information content (AvgIpc) is 3.06. The van der Waals surface area contributed by atoms with Crippen LogP contribution in [0.5, 0.6) is 0 Å². The van der Waals surface area contributed by atoms with Crippen LogP contribution in [0, 0.1) is 17.5 Å². The fourth-order valence-electron chi connectivity index (χ4n) is 5.95. The molecule has 3 aromatic carbocycles. The van der Waals surface area contributed by atoms with Crippen molar-refractivity contribution < 1.29 is 47.8 Å². The van der Waals surface area contributed by atoms with E-state index in [0.29, 0.717) is 18.3 Å². The van der Waals surface area contributed by atoms with Gasteiger partial charge in [0, 0.05) is 0 Å². The molecule has 0 aliphatic rings. The van der Waals surface area contributed by atoms with Crippen LogP contribution in [0.4, 0.5) is 13.2 Å². The van der Waals surface area contributed by atoms with Crippen LogP contribution in [0.2, 0.25) is 0 Å². The van der Waals surface area contributed by atoms with Crippen molar-refractivity contribution in [1.82, 2.24) is 0 Å². The molecular formula is C35H46B3F3O7. The Labute approximate surface area is 282 Å². The van der Waals surface area contributed by atoms with E-state index in [0.717, 1.165) is 37.5 Å². The normalized spacial score (nSPS) is 14.2. The molecule has 258 valence electrons. The van der Waals surface area contributed by atoms with Crippen molar-refractivity contribution in [3.63, 3.8) is 0 Å². The van der Waals surface area contributed by atoms with Gasteiger partial charge in [-0.1, -0.05) is 69.9 Å². The van der Waals surface area contributed by atoms with Crippen molar-refractivity contribution in [3.05, 3.63) is 101 Å². The summed E-state index contributed by atoms with van der Waals surface area (Å²) in [5.74, 6) is -1.80. The molecule has 7 nitrogen and oxygen atoms in total. The first kappa shape index (κ1) is 39.5. The molecule has 2 unspecified atom stereocenters. The first-order valence-electron chi connectivity index (χ1n) is 16.4. The van der Waals surface area contributed by atoms with Crippen LogP contribution in [-0.2, 0) is 29.1 Å². The van der Waals surface area contributed by atoms with Gasteiger partial charge < -0.3 is 34.7 Å². The predicted octanol–water partition coefficient (Wildman–Crippen LogP) is 3.62. The lowest BCUT2D eigenvalue weighted by Crippen LogP contribution is -2.65. The van der Waals surface area contributed by atoms with Crippen molar-refractivity contribution in [1.29, 1.82) is 0 Å². The Bertz CT molecular complexity index is 1510. The van der Waals surface area contributed by atoms with Crippen LogP contribution in [0.25, 0.3) is 0 Å². The quantitative estimate of drug-likeness (QED) is 0.0753. The number of allylic oxidation sites excluding steroid dienone is 1. The third-order valence-corrected chi connectivity index (χ3v) is 8.70. The van der Waals surface area contributed by atoms with Crippen LogP contribution in [0.15, 0.2) is 66.7 Å². The second-order valence-corrected chi connectivity index (χ2v) is 12.5. The van der Waals surface area contributed by atoms with Gasteiger partial charge in [0.1, 0.15) is 17.5 Å². The fraction of sp³-hybridized carbons (Fsp3) is 0.429. The highest BCUT2D eigenvalue weighted by Gasteiger charge is 2.51. The molecule has 2 atom stereocenters. The standard InChI is InChI=1S/C35H46B3F3O7/c1-5-7-9-17-34(3,36(45)31-14-11-28(39)19-25(31)22-42)47-37(32-15-12-29(40)20-26(32)23-43)35(4,18-10-8-6-2)48-38(46)33-16-13-30(41)21-27(33)24-44/h9,11-17,19-21,42-46H,5-8,10,18,22-24H2,1-4H3/b17-9-. The molecule has 5 N–H and O–H groups in total. The summed E-state index contributed by atoms with van der Waals surface area (Å²) < 4.78 is 56.1. The highest BCUT2D eigenvalue weighted by Crippen LogP contribution is 2.30. The van der Waals surface area contributed by atoms with E-state index >= 15 is 0 Å². The second kappa shape index (κ2) is 18.2. The molecule has 0 fully saturated rings. The predicted molar refractivity (Wildman–Crippen MR) is 185 cm³/mol. The van der Waals surface area contributed by atoms with Gasteiger partial charge in [0.15, 0.2) is 0 Å². The molecule has 0 spiro atoms. The van der Waals surface area contributed by atoms with Crippen LogP contribution in [-0.4, -0.2) is 57.3 Å². The summed E-state index contributed by atoms with van der Waals surface area (Å²) in [5.41, 5.74) is -1.90. The molecule has 0 saturated carbocycles. The molecule has 0 amide bonds. The van der Waals surface area contributed by atoms with Crippen molar-refractivity contribution in [2.45, 2.75) is 97.0 Å². The van der Waals surface area contributed by atoms with Gasteiger partial charge in [-0.05, 0) is 96.2 Å². The first-order valence-corrected chi connectivity index (χ1v) is 16.4. The first-order chi connectivity index (χ1) is 22.9. The number of hydrogen-bond donors (Lipinski definition) is 5. The molecule has 0 saturated heterocycles. The van der Waals surface area contributed by atoms with E-state index in [1.54, 1.807) is 19.9 Å². The largest absolute Gasteiger partial charge is 0.491 e. The summed E-state index contributed by atoms with van der Waals surface area (Å²) in [4.78, 5) is 0. The summed E-state index contributed by atoms with van der Waals surface area (Å²) in [7, 11) is -1.67. The second-order valence-electron chi connectivity index (χ2n) is 12.5. The van der Waals surface area contributed by atoms with Crippen LogP contribution < -0.4 is 16.4 Å². The van der Waals surface area contributed by atoms with Gasteiger partial charge in [-0.15, -0.1) is 0 Å². The minimum Gasteiger partial charge on any atom is -0.444 e. The number of unbranched alkanes of at least 4 members (excludes halogenated alkanes) is 3. The Kier molecular flexibility index (Phi) is 15.0. The Morgan fingerprint density at radius 2 is 1.19 bits per heavy atom. The zero-order valence-electron chi connectivity index (χ0n) is 28.1. The summed E-state index contributed by atoms with van der Waals surface area (Å²) in [6, 6.07) is 11.1. The van der Waals surface area contributed by atoms with Crippen molar-refractivity contribution in [2.75, 3.05) is 0 Å². The molecule has 3 aromatic rings. The van der Waals surface area contributed by atoms with Crippen LogP contribution in [0.3, 0.4) is 0 Å². The van der Waals surface area contributed by atoms with E-state index in [1.807, 2.05) is 19.9 Å². The van der Waals surface area contributed by atoms with Crippen molar-refractivity contribution in [2.24, 2.45) is 0 Å². The molecule has 0 aliphatic carbocycles. The molecular weight excluding hydrogens is 622 g/mol. The number of aliphatic hydroxyl groups is 3. The third-order valence-electron chi connectivity index (χ3n) is 8.70. The van der Waals surface area contributed by atoms with E-state index in [-0.39, 0.29) is 34.0 Å². The number of halogens is 3. The summed E-state index contributed by atoms with van der Waals surface area (Å²) in [6.07, 6.45) is 7.42. The number of benzene rings is 3. The lowest BCUT2D eigenvalue weighted by atomic mass is 9.42. The number of aliphatic hydroxyl groups excluding tert-OH is 3. The molecule has 48 heavy (non-hydrogen) atoms. The molecule has 0 bridgehead atoms. The Morgan fingerprint density at radius 1 is 0.688 bits per heavy atom. The van der Waals surface area contributed by atoms with Gasteiger partial charge in [-0.3, -0.25) is 0 Å². The Morgan fingerprint density at radius 3 is 1.71 bits per heavy atom. The lowest BCUT2D eigenvalue weighted by molar-refractivity contribution is 0.0917. The Hall–Kier alpha value is -2.90. The van der Waals surface area contributed by atoms with Gasteiger partial charge in [0.25, 0.3) is 0 Å². The smallest absolute Gasteiger partial charge is 0.444 e. The highest BCUT2D eigenvalue weighted by atomic mass is 19.1. The number of rotatable bonds is 19. The highest BCUT2D eigenvalue weighted by molar-refractivity contribution is 6.75. The minimum absolute atomic E-state index is 0.115. The zero-order valence-corrected chi connectivity index (χ0v) is 28.1. The molecule has 0 heterocycles. The molecule has 0 aromatic heterocycles. The average molecular weight is 668 g/mol. The summed E-state index contributed by atoms with van der Waals surface area (Å²) >= 11 is 0. The maximum atomic E-state index is 14.5. The molecule has 3 rings (SSSR count). The maximum absolute atomic E-state index is 14.5. The topological polar surface area (TPSA) is 120 Å². The Balaban J connectivity index is 2.27. The minimum atomic E-state index is -1.67. The van der Waals surface area contributed by atoms with E-state index in [1.165, 1.54) is 36.4 Å². The van der Waals surface area contributed by atoms with Crippen molar-refractivity contribution >= 4 is 37.3 Å². The van der Waals surface area contributed by atoms with Gasteiger partial charge in [-0.25, -0.2) is 13.2 Å². The van der Waals surface area contributed by atoms with Crippen molar-refractivity contribution in [3.8, 4) is 0 Å². The maximum Gasteiger partial charge on any atom is 0.491 e. The molecule has 13 heteroatoms. The fourth-order valence-corrected chi connectivity index (χ4v) is 5.95. The summed E-state index contributed by atoms with van der Waals surface area (Å²) in [6.45, 7) is 2.99. The van der Waals surface area contributed by atoms with E-state index < -0.39 is 69.2 Å². The third kappa shape index (κ3) is 9.84.